The third-order valence-corrected chi connectivity index (χ3v) is 6.80. The molecule has 1 aliphatic heterocycles. The predicted octanol–water partition coefficient (Wildman–Crippen LogP) is 3.87. The van der Waals surface area contributed by atoms with E-state index in [1.165, 1.54) is 24.3 Å². The second-order valence-electron chi connectivity index (χ2n) is 5.07. The maximum atomic E-state index is 12.9. The van der Waals surface area contributed by atoms with Crippen molar-refractivity contribution in [3.8, 4) is 5.75 Å². The molecule has 0 spiro atoms. The third-order valence-electron chi connectivity index (χ3n) is 3.56. The monoisotopic (exact) mass is 406 g/mol. The average Bonchev–Trinajstić information content (AvgIpc) is 2.95. The fourth-order valence-corrected chi connectivity index (χ4v) is 5.08. The van der Waals surface area contributed by atoms with E-state index < -0.39 is 21.9 Å². The van der Waals surface area contributed by atoms with Gasteiger partial charge in [-0.1, -0.05) is 46.9 Å². The van der Waals surface area contributed by atoms with Gasteiger partial charge in [-0.15, -0.1) is 0 Å². The lowest BCUT2D eigenvalue weighted by Gasteiger charge is -2.12. The average molecular weight is 408 g/mol. The Labute approximate surface area is 152 Å². The smallest absolute Gasteiger partial charge is 0.345 e. The lowest BCUT2D eigenvalue weighted by Crippen LogP contribution is -2.24. The van der Waals surface area contributed by atoms with E-state index in [4.69, 9.17) is 44.6 Å². The van der Waals surface area contributed by atoms with Crippen molar-refractivity contribution in [2.75, 3.05) is 0 Å². The topological polar surface area (TPSA) is 80.7 Å². The fraction of sp³-hybridized carbons (Fsp3) is 0.133. The second kappa shape index (κ2) is 6.11. The number of sulfone groups is 1. The Hall–Kier alpha value is -1.47. The summed E-state index contributed by atoms with van der Waals surface area (Å²) in [6, 6.07) is 7.22. The van der Waals surface area contributed by atoms with E-state index in [-0.39, 0.29) is 37.0 Å². The summed E-state index contributed by atoms with van der Waals surface area (Å²) in [6.45, 7) is 0. The number of carboxylic acids is 1. The Morgan fingerprint density at radius 2 is 1.79 bits per heavy atom. The predicted molar refractivity (Wildman–Crippen MR) is 89.1 cm³/mol. The van der Waals surface area contributed by atoms with Gasteiger partial charge in [0, 0.05) is 12.0 Å². The van der Waals surface area contributed by atoms with Crippen molar-refractivity contribution in [1.29, 1.82) is 0 Å². The quantitative estimate of drug-likeness (QED) is 0.835. The highest BCUT2D eigenvalue weighted by Crippen LogP contribution is 2.45. The van der Waals surface area contributed by atoms with E-state index >= 15 is 0 Å². The molecule has 0 fully saturated rings. The van der Waals surface area contributed by atoms with Crippen LogP contribution in [-0.4, -0.2) is 25.6 Å². The molecule has 0 aliphatic carbocycles. The summed E-state index contributed by atoms with van der Waals surface area (Å²) >= 11 is 18.2. The van der Waals surface area contributed by atoms with Crippen LogP contribution in [0.25, 0.3) is 0 Å². The molecule has 0 amide bonds. The zero-order valence-electron chi connectivity index (χ0n) is 11.8. The van der Waals surface area contributed by atoms with Gasteiger partial charge in [0.25, 0.3) is 0 Å². The highest BCUT2D eigenvalue weighted by Gasteiger charge is 2.35. The number of carboxylic acid groups (broad SMARTS) is 1. The van der Waals surface area contributed by atoms with Gasteiger partial charge in [0.15, 0.2) is 6.10 Å². The van der Waals surface area contributed by atoms with Crippen molar-refractivity contribution in [3.05, 3.63) is 51.0 Å². The maximum Gasteiger partial charge on any atom is 0.345 e. The van der Waals surface area contributed by atoms with Crippen molar-refractivity contribution in [3.63, 3.8) is 0 Å². The molecule has 2 aromatic carbocycles. The van der Waals surface area contributed by atoms with Crippen LogP contribution in [0.2, 0.25) is 15.1 Å². The Kier molecular flexibility index (Phi) is 4.42. The lowest BCUT2D eigenvalue weighted by molar-refractivity contribution is -0.144. The first-order valence-corrected chi connectivity index (χ1v) is 9.25. The van der Waals surface area contributed by atoms with Crippen molar-refractivity contribution < 1.29 is 23.1 Å². The van der Waals surface area contributed by atoms with Crippen LogP contribution < -0.4 is 4.74 Å². The number of hydrogen-bond donors (Lipinski definition) is 1. The molecule has 1 aliphatic rings. The SMILES string of the molecule is O=C(O)C1Cc2cc(S(=O)(=O)c3ccccc3Cl)c(Cl)c(Cl)c2O1. The normalized spacial score (nSPS) is 16.5. The molecule has 9 heteroatoms. The summed E-state index contributed by atoms with van der Waals surface area (Å²) in [4.78, 5) is 10.7. The van der Waals surface area contributed by atoms with E-state index in [1.807, 2.05) is 0 Å². The number of benzene rings is 2. The lowest BCUT2D eigenvalue weighted by atomic mass is 10.1. The molecule has 1 heterocycles. The Bertz CT molecular complexity index is 956. The fourth-order valence-electron chi connectivity index (χ4n) is 2.41. The molecule has 0 radical (unpaired) electrons. The van der Waals surface area contributed by atoms with E-state index in [0.717, 1.165) is 0 Å². The number of ether oxygens (including phenoxy) is 1. The van der Waals surface area contributed by atoms with Crippen LogP contribution in [0.5, 0.6) is 5.75 Å². The van der Waals surface area contributed by atoms with Crippen LogP contribution in [0.4, 0.5) is 0 Å². The number of halogens is 3. The van der Waals surface area contributed by atoms with Crippen LogP contribution in [-0.2, 0) is 21.1 Å². The van der Waals surface area contributed by atoms with Gasteiger partial charge in [0.05, 0.1) is 19.8 Å². The molecule has 0 saturated heterocycles. The largest absolute Gasteiger partial charge is 0.478 e. The minimum absolute atomic E-state index is 0.00734. The van der Waals surface area contributed by atoms with E-state index in [1.54, 1.807) is 6.07 Å². The van der Waals surface area contributed by atoms with Gasteiger partial charge in [0.1, 0.15) is 10.8 Å². The van der Waals surface area contributed by atoms with Gasteiger partial charge >= 0.3 is 5.97 Å². The third kappa shape index (κ3) is 2.73. The number of fused-ring (bicyclic) bond motifs is 1. The van der Waals surface area contributed by atoms with E-state index in [2.05, 4.69) is 0 Å². The molecule has 3 rings (SSSR count). The van der Waals surface area contributed by atoms with Crippen LogP contribution in [0.1, 0.15) is 5.56 Å². The van der Waals surface area contributed by atoms with Gasteiger partial charge < -0.3 is 9.84 Å². The molecule has 2 aromatic rings. The van der Waals surface area contributed by atoms with E-state index in [9.17, 15) is 13.2 Å². The van der Waals surface area contributed by atoms with Crippen molar-refractivity contribution in [2.24, 2.45) is 0 Å². The number of rotatable bonds is 3. The Morgan fingerprint density at radius 1 is 1.12 bits per heavy atom. The van der Waals surface area contributed by atoms with Gasteiger partial charge in [-0.25, -0.2) is 13.2 Å². The van der Waals surface area contributed by atoms with Gasteiger partial charge in [-0.3, -0.25) is 0 Å². The summed E-state index contributed by atoms with van der Waals surface area (Å²) in [5.74, 6) is -1.08. The number of hydrogen-bond acceptors (Lipinski definition) is 4. The molecule has 126 valence electrons. The number of aliphatic carboxylic acids is 1. The molecule has 0 aromatic heterocycles. The molecule has 5 nitrogen and oxygen atoms in total. The molecule has 0 saturated carbocycles. The van der Waals surface area contributed by atoms with Crippen molar-refractivity contribution in [1.82, 2.24) is 0 Å². The molecular weight excluding hydrogens is 399 g/mol. The summed E-state index contributed by atoms with van der Waals surface area (Å²) in [6.07, 6.45) is -1.14. The van der Waals surface area contributed by atoms with Gasteiger partial charge in [0.2, 0.25) is 9.84 Å². The summed E-state index contributed by atoms with van der Waals surface area (Å²) < 4.78 is 31.0. The summed E-state index contributed by atoms with van der Waals surface area (Å²) in [7, 11) is -4.03. The highest BCUT2D eigenvalue weighted by molar-refractivity contribution is 7.91. The zero-order valence-corrected chi connectivity index (χ0v) is 14.9. The van der Waals surface area contributed by atoms with Crippen molar-refractivity contribution in [2.45, 2.75) is 22.3 Å². The van der Waals surface area contributed by atoms with Crippen LogP contribution >= 0.6 is 34.8 Å². The van der Waals surface area contributed by atoms with Crippen LogP contribution in [0, 0.1) is 0 Å². The minimum atomic E-state index is -4.03. The number of carbonyl (C=O) groups is 1. The highest BCUT2D eigenvalue weighted by atomic mass is 35.5. The molecule has 1 unspecified atom stereocenters. The van der Waals surface area contributed by atoms with E-state index in [0.29, 0.717) is 5.56 Å². The first kappa shape index (κ1) is 17.4. The van der Waals surface area contributed by atoms with Crippen LogP contribution in [0.15, 0.2) is 40.1 Å². The Balaban J connectivity index is 2.18. The first-order valence-electron chi connectivity index (χ1n) is 6.63. The van der Waals surface area contributed by atoms with Crippen LogP contribution in [0.3, 0.4) is 0 Å². The Morgan fingerprint density at radius 3 is 2.42 bits per heavy atom. The minimum Gasteiger partial charge on any atom is -0.478 e. The zero-order chi connectivity index (χ0) is 17.6. The van der Waals surface area contributed by atoms with Gasteiger partial charge in [-0.2, -0.15) is 0 Å². The summed E-state index contributed by atoms with van der Waals surface area (Å²) in [5, 5.41) is 8.73. The standard InChI is InChI=1S/C15H9Cl3O5S/c16-8-3-1-2-4-10(8)24(21,22)11-6-7-5-9(15(19)20)23-14(7)13(18)12(11)17/h1-4,6,9H,5H2,(H,19,20). The summed E-state index contributed by atoms with van der Waals surface area (Å²) in [5.41, 5.74) is 0.363. The molecule has 0 bridgehead atoms. The molecule has 1 atom stereocenters. The van der Waals surface area contributed by atoms with Gasteiger partial charge in [-0.05, 0) is 18.2 Å². The molecule has 1 N–H and O–H groups in total. The maximum absolute atomic E-state index is 12.9. The second-order valence-corrected chi connectivity index (χ2v) is 8.12. The van der Waals surface area contributed by atoms with Crippen molar-refractivity contribution >= 4 is 50.6 Å². The molecular formula is C15H9Cl3O5S. The molecule has 24 heavy (non-hydrogen) atoms. The first-order chi connectivity index (χ1) is 11.2.